The van der Waals surface area contributed by atoms with Crippen LogP contribution in [-0.2, 0) is 4.79 Å². The molecule has 0 unspecified atom stereocenters. The molecule has 0 fully saturated rings. The van der Waals surface area contributed by atoms with Crippen molar-refractivity contribution in [3.8, 4) is 5.69 Å². The van der Waals surface area contributed by atoms with Crippen LogP contribution < -0.4 is 0 Å². The average molecular weight is 348 g/mol. The molecule has 0 atom stereocenters. The average Bonchev–Trinajstić information content (AvgIpc) is 2.99. The zero-order valence-corrected chi connectivity index (χ0v) is 14.4. The van der Waals surface area contributed by atoms with Crippen molar-refractivity contribution in [3.05, 3.63) is 41.7 Å². The standard InChI is InChI=1S/C17H21FN4O3/c1-11(2)16-19-15(17(25)21(3)10-6-9-14(23)24)20-22(16)13-8-5-4-7-12(13)18/h4-5,7-8,11H,6,9-10H2,1-3H3,(H,23,24). The highest BCUT2D eigenvalue weighted by molar-refractivity contribution is 5.90. The van der Waals surface area contributed by atoms with E-state index in [0.717, 1.165) is 0 Å². The number of halogens is 1. The summed E-state index contributed by atoms with van der Waals surface area (Å²) in [5, 5.41) is 12.9. The number of carboxylic acids is 1. The van der Waals surface area contributed by atoms with E-state index in [2.05, 4.69) is 10.1 Å². The fourth-order valence-electron chi connectivity index (χ4n) is 2.33. The van der Waals surface area contributed by atoms with Crippen molar-refractivity contribution in [3.63, 3.8) is 0 Å². The third-order valence-corrected chi connectivity index (χ3v) is 3.65. The predicted octanol–water partition coefficient (Wildman–Crippen LogP) is 2.47. The van der Waals surface area contributed by atoms with Gasteiger partial charge in [0.15, 0.2) is 0 Å². The van der Waals surface area contributed by atoms with Crippen LogP contribution in [0.25, 0.3) is 5.69 Å². The Bertz CT molecular complexity index is 773. The molecule has 0 bridgehead atoms. The molecule has 1 amide bonds. The van der Waals surface area contributed by atoms with Crippen LogP contribution in [0.3, 0.4) is 0 Å². The lowest BCUT2D eigenvalue weighted by atomic mass is 10.2. The first-order valence-corrected chi connectivity index (χ1v) is 8.00. The van der Waals surface area contributed by atoms with Crippen molar-refractivity contribution in [2.45, 2.75) is 32.6 Å². The fourth-order valence-corrected chi connectivity index (χ4v) is 2.33. The number of nitrogens with zero attached hydrogens (tertiary/aromatic N) is 4. The van der Waals surface area contributed by atoms with Gasteiger partial charge in [0.2, 0.25) is 5.82 Å². The number of aliphatic carboxylic acids is 1. The molecule has 1 heterocycles. The summed E-state index contributed by atoms with van der Waals surface area (Å²) in [6.45, 7) is 4.04. The third kappa shape index (κ3) is 4.40. The van der Waals surface area contributed by atoms with Crippen molar-refractivity contribution < 1.29 is 19.1 Å². The van der Waals surface area contributed by atoms with Gasteiger partial charge in [0, 0.05) is 25.9 Å². The lowest BCUT2D eigenvalue weighted by Gasteiger charge is -2.14. The maximum Gasteiger partial charge on any atom is 0.303 e. The Morgan fingerprint density at radius 2 is 2.00 bits per heavy atom. The first kappa shape index (κ1) is 18.6. The van der Waals surface area contributed by atoms with Gasteiger partial charge in [-0.3, -0.25) is 9.59 Å². The third-order valence-electron chi connectivity index (χ3n) is 3.65. The Morgan fingerprint density at radius 3 is 2.60 bits per heavy atom. The van der Waals surface area contributed by atoms with Crippen molar-refractivity contribution in [2.24, 2.45) is 0 Å². The van der Waals surface area contributed by atoms with E-state index in [0.29, 0.717) is 12.2 Å². The van der Waals surface area contributed by atoms with E-state index in [1.807, 2.05) is 13.8 Å². The Morgan fingerprint density at radius 1 is 1.32 bits per heavy atom. The van der Waals surface area contributed by atoms with E-state index in [4.69, 9.17) is 5.11 Å². The van der Waals surface area contributed by atoms with Gasteiger partial charge in [-0.05, 0) is 18.6 Å². The summed E-state index contributed by atoms with van der Waals surface area (Å²) in [4.78, 5) is 28.7. The molecule has 0 saturated carbocycles. The number of carbonyl (C=O) groups is 2. The largest absolute Gasteiger partial charge is 0.481 e. The molecule has 1 aromatic heterocycles. The first-order chi connectivity index (χ1) is 11.8. The smallest absolute Gasteiger partial charge is 0.303 e. The first-order valence-electron chi connectivity index (χ1n) is 8.00. The molecule has 1 N–H and O–H groups in total. The molecule has 134 valence electrons. The van der Waals surface area contributed by atoms with Gasteiger partial charge >= 0.3 is 5.97 Å². The Hall–Kier alpha value is -2.77. The monoisotopic (exact) mass is 348 g/mol. The molecule has 8 heteroatoms. The second kappa shape index (κ2) is 7.87. The molecule has 0 aliphatic rings. The molecule has 0 spiro atoms. The van der Waals surface area contributed by atoms with Crippen LogP contribution in [-0.4, -0.2) is 50.2 Å². The molecule has 7 nitrogen and oxygen atoms in total. The van der Waals surface area contributed by atoms with E-state index in [1.165, 1.54) is 15.6 Å². The highest BCUT2D eigenvalue weighted by Gasteiger charge is 2.23. The molecule has 0 aliphatic carbocycles. The number of carbonyl (C=O) groups excluding carboxylic acids is 1. The zero-order chi connectivity index (χ0) is 18.6. The van der Waals surface area contributed by atoms with Crippen LogP contribution in [0.1, 0.15) is 49.1 Å². The predicted molar refractivity (Wildman–Crippen MR) is 89.2 cm³/mol. The van der Waals surface area contributed by atoms with Gasteiger partial charge in [0.1, 0.15) is 17.3 Å². The van der Waals surface area contributed by atoms with E-state index < -0.39 is 17.7 Å². The Kier molecular flexibility index (Phi) is 5.84. The van der Waals surface area contributed by atoms with Crippen molar-refractivity contribution in [2.75, 3.05) is 13.6 Å². The lowest BCUT2D eigenvalue weighted by molar-refractivity contribution is -0.137. The van der Waals surface area contributed by atoms with E-state index in [-0.39, 0.29) is 30.4 Å². The summed E-state index contributed by atoms with van der Waals surface area (Å²) in [5.74, 6) is -1.42. The minimum absolute atomic E-state index is 0.0219. The van der Waals surface area contributed by atoms with Crippen molar-refractivity contribution >= 4 is 11.9 Å². The number of hydrogen-bond donors (Lipinski definition) is 1. The molecule has 2 rings (SSSR count). The molecule has 0 saturated heterocycles. The highest BCUT2D eigenvalue weighted by atomic mass is 19.1. The summed E-state index contributed by atoms with van der Waals surface area (Å²) in [5.41, 5.74) is 0.228. The summed E-state index contributed by atoms with van der Waals surface area (Å²) in [7, 11) is 1.56. The molecule has 2 aromatic rings. The van der Waals surface area contributed by atoms with E-state index in [9.17, 15) is 14.0 Å². The van der Waals surface area contributed by atoms with Crippen LogP contribution in [0, 0.1) is 5.82 Å². The van der Waals surface area contributed by atoms with Gasteiger partial charge < -0.3 is 10.0 Å². The topological polar surface area (TPSA) is 88.3 Å². The van der Waals surface area contributed by atoms with Gasteiger partial charge in [0.05, 0.1) is 0 Å². The number of hydrogen-bond acceptors (Lipinski definition) is 4. The fraction of sp³-hybridized carbons (Fsp3) is 0.412. The van der Waals surface area contributed by atoms with Gasteiger partial charge in [-0.2, -0.15) is 0 Å². The van der Waals surface area contributed by atoms with E-state index in [1.54, 1.807) is 25.2 Å². The molecule has 0 aliphatic heterocycles. The number of carboxylic acid groups (broad SMARTS) is 1. The van der Waals surface area contributed by atoms with E-state index >= 15 is 0 Å². The summed E-state index contributed by atoms with van der Waals surface area (Å²) in [6, 6.07) is 6.15. The van der Waals surface area contributed by atoms with Gasteiger partial charge in [-0.15, -0.1) is 5.10 Å². The van der Waals surface area contributed by atoms with Crippen LogP contribution >= 0.6 is 0 Å². The quantitative estimate of drug-likeness (QED) is 0.830. The van der Waals surface area contributed by atoms with Crippen LogP contribution in [0.4, 0.5) is 4.39 Å². The summed E-state index contributed by atoms with van der Waals surface area (Å²) in [6.07, 6.45) is 0.314. The number of benzene rings is 1. The lowest BCUT2D eigenvalue weighted by Crippen LogP contribution is -2.29. The Labute approximate surface area is 145 Å². The normalized spacial score (nSPS) is 10.9. The summed E-state index contributed by atoms with van der Waals surface area (Å²) < 4.78 is 15.4. The molecule has 0 radical (unpaired) electrons. The second-order valence-corrected chi connectivity index (χ2v) is 6.04. The SMILES string of the molecule is CC(C)c1nc(C(=O)N(C)CCCC(=O)O)nn1-c1ccccc1F. The minimum atomic E-state index is -0.912. The second-order valence-electron chi connectivity index (χ2n) is 6.04. The zero-order valence-electron chi connectivity index (χ0n) is 14.4. The van der Waals surface area contributed by atoms with Gasteiger partial charge in [-0.25, -0.2) is 14.1 Å². The molecule has 1 aromatic carbocycles. The highest BCUT2D eigenvalue weighted by Crippen LogP contribution is 2.20. The van der Waals surface area contributed by atoms with Crippen LogP contribution in [0.15, 0.2) is 24.3 Å². The van der Waals surface area contributed by atoms with Crippen LogP contribution in [0.2, 0.25) is 0 Å². The number of para-hydroxylation sites is 1. The van der Waals surface area contributed by atoms with Crippen molar-refractivity contribution in [1.29, 1.82) is 0 Å². The molecular formula is C17H21FN4O3. The van der Waals surface area contributed by atoms with Crippen LogP contribution in [0.5, 0.6) is 0 Å². The summed E-state index contributed by atoms with van der Waals surface area (Å²) >= 11 is 0. The molecular weight excluding hydrogens is 327 g/mol. The number of amides is 1. The van der Waals surface area contributed by atoms with Gasteiger partial charge in [-0.1, -0.05) is 26.0 Å². The number of aromatic nitrogens is 3. The maximum absolute atomic E-state index is 14.1. The minimum Gasteiger partial charge on any atom is -0.481 e. The van der Waals surface area contributed by atoms with Gasteiger partial charge in [0.25, 0.3) is 5.91 Å². The van der Waals surface area contributed by atoms with Crippen molar-refractivity contribution in [1.82, 2.24) is 19.7 Å². The molecule has 25 heavy (non-hydrogen) atoms. The Balaban J connectivity index is 2.28. The maximum atomic E-state index is 14.1. The number of rotatable bonds is 7.